The van der Waals surface area contributed by atoms with Crippen LogP contribution in [0.1, 0.15) is 59.9 Å². The molecule has 1 aliphatic heterocycles. The molecule has 13 nitrogen and oxygen atoms in total. The number of amides is 5. The largest absolute Gasteiger partial charge is 0.508 e. The van der Waals surface area contributed by atoms with Crippen molar-refractivity contribution in [3.05, 3.63) is 29.8 Å². The first-order chi connectivity index (χ1) is 20.2. The Bertz CT molecular complexity index is 1150. The number of phenols is 1. The number of phenolic OH excluding ortho intramolecular Hbond substituents is 1. The van der Waals surface area contributed by atoms with Gasteiger partial charge in [-0.15, -0.1) is 0 Å². The van der Waals surface area contributed by atoms with Gasteiger partial charge in [-0.1, -0.05) is 53.7 Å². The first kappa shape index (κ1) is 35.0. The zero-order chi connectivity index (χ0) is 32.3. The number of rotatable bonds is 7. The molecule has 0 aliphatic carbocycles. The fraction of sp³-hybridized carbons (Fsp3) is 0.600. The molecule has 0 unspecified atom stereocenters. The summed E-state index contributed by atoms with van der Waals surface area (Å²) < 4.78 is 5.54. The van der Waals surface area contributed by atoms with E-state index < -0.39 is 72.8 Å². The summed E-state index contributed by atoms with van der Waals surface area (Å²) >= 11 is 0. The van der Waals surface area contributed by atoms with Crippen molar-refractivity contribution < 1.29 is 38.6 Å². The lowest BCUT2D eigenvalue weighted by Crippen LogP contribution is -2.58. The molecule has 1 aromatic carbocycles. The minimum absolute atomic E-state index is 0.0217. The molecular weight excluding hydrogens is 558 g/mol. The van der Waals surface area contributed by atoms with Gasteiger partial charge < -0.3 is 36.4 Å². The molecule has 1 fully saturated rings. The summed E-state index contributed by atoms with van der Waals surface area (Å²) in [4.78, 5) is 78.3. The highest BCUT2D eigenvalue weighted by Crippen LogP contribution is 2.14. The number of hydrogen-bond acceptors (Lipinski definition) is 8. The van der Waals surface area contributed by atoms with E-state index in [1.807, 2.05) is 27.7 Å². The number of esters is 1. The number of nitrogens with one attached hydrogen (secondary N) is 5. The number of aromatic hydroxyl groups is 1. The number of carbonyl (C=O) groups is 6. The maximum Gasteiger partial charge on any atom is 0.329 e. The Morgan fingerprint density at radius 3 is 1.84 bits per heavy atom. The van der Waals surface area contributed by atoms with Crippen LogP contribution in [-0.4, -0.2) is 77.9 Å². The first-order valence-electron chi connectivity index (χ1n) is 14.6. The monoisotopic (exact) mass is 603 g/mol. The van der Waals surface area contributed by atoms with Gasteiger partial charge in [0, 0.05) is 6.42 Å². The van der Waals surface area contributed by atoms with E-state index in [0.717, 1.165) is 0 Å². The lowest BCUT2D eigenvalue weighted by molar-refractivity contribution is -0.160. The second kappa shape index (κ2) is 16.5. The maximum atomic E-state index is 13.3. The van der Waals surface area contributed by atoms with Gasteiger partial charge >= 0.3 is 5.97 Å². The van der Waals surface area contributed by atoms with Crippen LogP contribution >= 0.6 is 0 Å². The van der Waals surface area contributed by atoms with Gasteiger partial charge in [0.05, 0.1) is 13.1 Å². The van der Waals surface area contributed by atoms with Gasteiger partial charge in [-0.3, -0.25) is 24.0 Å². The highest BCUT2D eigenvalue weighted by atomic mass is 16.5. The summed E-state index contributed by atoms with van der Waals surface area (Å²) in [6.07, 6.45) is -0.798. The summed E-state index contributed by atoms with van der Waals surface area (Å²) in [7, 11) is 0. The second-order valence-corrected chi connectivity index (χ2v) is 12.0. The predicted octanol–water partition coefficient (Wildman–Crippen LogP) is 0.295. The Labute approximate surface area is 252 Å². The van der Waals surface area contributed by atoms with Crippen molar-refractivity contribution in [3.8, 4) is 5.75 Å². The molecule has 0 radical (unpaired) electrons. The van der Waals surface area contributed by atoms with Crippen LogP contribution in [0.2, 0.25) is 0 Å². The molecule has 238 valence electrons. The van der Waals surface area contributed by atoms with Crippen LogP contribution in [0, 0.1) is 17.8 Å². The molecule has 1 saturated heterocycles. The molecular formula is C30H45N5O8. The van der Waals surface area contributed by atoms with Crippen LogP contribution in [0.25, 0.3) is 0 Å². The lowest BCUT2D eigenvalue weighted by Gasteiger charge is -2.27. The highest BCUT2D eigenvalue weighted by molar-refractivity contribution is 5.95. The molecule has 4 atom stereocenters. The molecule has 1 heterocycles. The SMILES string of the molecule is CC(C)C[C@@H]1NC(=O)CNC(=O)[C@@H](Cc2ccc(O)cc2)NC(=O)[C@@H](C(C)C)NC(=O)CNC(=O)[C@@H](CC(C)C)OC1=O. The third-order valence-electron chi connectivity index (χ3n) is 6.68. The van der Waals surface area contributed by atoms with Crippen molar-refractivity contribution in [3.63, 3.8) is 0 Å². The topological polar surface area (TPSA) is 192 Å². The number of carbonyl (C=O) groups excluding carboxylic acids is 6. The molecule has 1 aromatic rings. The van der Waals surface area contributed by atoms with E-state index in [1.54, 1.807) is 26.0 Å². The molecule has 1 aliphatic rings. The van der Waals surface area contributed by atoms with Crippen LogP contribution in [0.15, 0.2) is 24.3 Å². The third-order valence-corrected chi connectivity index (χ3v) is 6.68. The van der Waals surface area contributed by atoms with Gasteiger partial charge in [0.2, 0.25) is 23.6 Å². The minimum atomic E-state index is -1.21. The van der Waals surface area contributed by atoms with Crippen LogP contribution < -0.4 is 26.6 Å². The van der Waals surface area contributed by atoms with Crippen LogP contribution in [0.5, 0.6) is 5.75 Å². The number of benzene rings is 1. The van der Waals surface area contributed by atoms with Crippen molar-refractivity contribution >= 4 is 35.5 Å². The Morgan fingerprint density at radius 1 is 0.721 bits per heavy atom. The minimum Gasteiger partial charge on any atom is -0.508 e. The summed E-state index contributed by atoms with van der Waals surface area (Å²) in [6.45, 7) is 9.83. The van der Waals surface area contributed by atoms with E-state index >= 15 is 0 Å². The van der Waals surface area contributed by atoms with E-state index in [4.69, 9.17) is 4.74 Å². The van der Waals surface area contributed by atoms with Crippen LogP contribution in [0.4, 0.5) is 0 Å². The van der Waals surface area contributed by atoms with Crippen molar-refractivity contribution in [2.45, 2.75) is 85.0 Å². The van der Waals surface area contributed by atoms with Gasteiger partial charge in [-0.05, 0) is 48.3 Å². The molecule has 0 saturated carbocycles. The molecule has 0 aromatic heterocycles. The summed E-state index contributed by atoms with van der Waals surface area (Å²) in [5.74, 6) is -4.53. The van der Waals surface area contributed by atoms with Crippen LogP contribution in [0.3, 0.4) is 0 Å². The Hall–Kier alpha value is -4.16. The van der Waals surface area contributed by atoms with Crippen molar-refractivity contribution in [2.24, 2.45) is 17.8 Å². The summed E-state index contributed by atoms with van der Waals surface area (Å²) in [5, 5.41) is 22.4. The van der Waals surface area contributed by atoms with E-state index in [0.29, 0.717) is 5.56 Å². The van der Waals surface area contributed by atoms with E-state index in [1.165, 1.54) is 12.1 Å². The Morgan fingerprint density at radius 2 is 1.28 bits per heavy atom. The van der Waals surface area contributed by atoms with Gasteiger partial charge in [-0.2, -0.15) is 0 Å². The quantitative estimate of drug-likeness (QED) is 0.240. The van der Waals surface area contributed by atoms with Gasteiger partial charge in [0.25, 0.3) is 5.91 Å². The normalized spacial score (nSPS) is 23.5. The molecule has 2 rings (SSSR count). The van der Waals surface area contributed by atoms with Crippen molar-refractivity contribution in [1.29, 1.82) is 0 Å². The smallest absolute Gasteiger partial charge is 0.329 e. The first-order valence-corrected chi connectivity index (χ1v) is 14.6. The van der Waals surface area contributed by atoms with Gasteiger partial charge in [-0.25, -0.2) is 4.79 Å². The molecule has 43 heavy (non-hydrogen) atoms. The molecule has 6 N–H and O–H groups in total. The summed E-state index contributed by atoms with van der Waals surface area (Å²) in [6, 6.07) is 2.77. The lowest BCUT2D eigenvalue weighted by atomic mass is 10.0. The average molecular weight is 604 g/mol. The second-order valence-electron chi connectivity index (χ2n) is 12.0. The van der Waals surface area contributed by atoms with Gasteiger partial charge in [0.15, 0.2) is 6.10 Å². The van der Waals surface area contributed by atoms with E-state index in [2.05, 4.69) is 26.6 Å². The zero-order valence-corrected chi connectivity index (χ0v) is 25.7. The molecule has 13 heteroatoms. The highest BCUT2D eigenvalue weighted by Gasteiger charge is 2.32. The van der Waals surface area contributed by atoms with E-state index in [-0.39, 0.29) is 42.8 Å². The zero-order valence-electron chi connectivity index (χ0n) is 25.7. The van der Waals surface area contributed by atoms with E-state index in [9.17, 15) is 33.9 Å². The van der Waals surface area contributed by atoms with Crippen molar-refractivity contribution in [2.75, 3.05) is 13.1 Å². The maximum absolute atomic E-state index is 13.3. The van der Waals surface area contributed by atoms with Crippen molar-refractivity contribution in [1.82, 2.24) is 26.6 Å². The fourth-order valence-electron chi connectivity index (χ4n) is 4.46. The molecule has 0 bridgehead atoms. The standard InChI is InChI=1S/C30H45N5O8/c1-16(2)11-22-30(42)43-23(12-17(3)4)28(40)32-15-25(38)35-26(18(5)6)29(41)34-21(27(39)31-14-24(37)33-22)13-19-7-9-20(36)10-8-19/h7-10,16-18,21-23,26,36H,11-15H2,1-6H3,(H,31,39)(H,32,40)(H,33,37)(H,34,41)(H,35,38)/t21-,22+,23-,26-/m1/s1. The fourth-order valence-corrected chi connectivity index (χ4v) is 4.46. The number of ether oxygens (including phenoxy) is 1. The van der Waals surface area contributed by atoms with Crippen LogP contribution in [-0.2, 0) is 39.9 Å². The number of cyclic esters (lactones) is 1. The predicted molar refractivity (Wildman–Crippen MR) is 157 cm³/mol. The third kappa shape index (κ3) is 11.9. The van der Waals surface area contributed by atoms with Gasteiger partial charge in [0.1, 0.15) is 23.9 Å². The molecule has 5 amide bonds. The number of hydrogen-bond donors (Lipinski definition) is 6. The Balaban J connectivity index is 2.40. The Kier molecular flexibility index (Phi) is 13.4. The molecule has 0 spiro atoms. The summed E-state index contributed by atoms with van der Waals surface area (Å²) in [5.41, 5.74) is 0.619. The average Bonchev–Trinajstić information content (AvgIpc) is 2.92.